The van der Waals surface area contributed by atoms with Crippen LogP contribution in [0.4, 0.5) is 15.8 Å². The van der Waals surface area contributed by atoms with E-state index in [4.69, 9.17) is 12.2 Å². The van der Waals surface area contributed by atoms with Crippen LogP contribution in [0.15, 0.2) is 83.3 Å². The Morgan fingerprint density at radius 2 is 1.62 bits per heavy atom. The van der Waals surface area contributed by atoms with Gasteiger partial charge in [-0.1, -0.05) is 34.1 Å². The number of thiocarbonyl (C=S) groups is 1. The summed E-state index contributed by atoms with van der Waals surface area (Å²) in [5, 5.41) is 3.91. The summed E-state index contributed by atoms with van der Waals surface area (Å²) < 4.78 is 14.0. The summed E-state index contributed by atoms with van der Waals surface area (Å²) in [6, 6.07) is 19.6. The summed E-state index contributed by atoms with van der Waals surface area (Å²) in [4.78, 5) is 40.2. The molecule has 1 aliphatic rings. The molecule has 0 bridgehead atoms. The number of para-hydroxylation sites is 1. The van der Waals surface area contributed by atoms with Crippen molar-refractivity contribution in [3.05, 3.63) is 94.7 Å². The molecule has 1 atom stereocenters. The molecule has 0 saturated carbocycles. The third-order valence-electron chi connectivity index (χ3n) is 5.06. The lowest BCUT2D eigenvalue weighted by Gasteiger charge is -2.24. The largest absolute Gasteiger partial charge is 0.326 e. The molecule has 34 heavy (non-hydrogen) atoms. The van der Waals surface area contributed by atoms with Crippen LogP contribution in [-0.4, -0.2) is 33.9 Å². The number of nitrogens with zero attached hydrogens (tertiary/aromatic N) is 2. The first-order chi connectivity index (χ1) is 16.3. The van der Waals surface area contributed by atoms with Gasteiger partial charge in [-0.3, -0.25) is 24.7 Å². The molecule has 1 aliphatic heterocycles. The topological polar surface area (TPSA) is 81.8 Å². The first kappa shape index (κ1) is 23.5. The van der Waals surface area contributed by atoms with Gasteiger partial charge in [0, 0.05) is 15.7 Å². The number of anilines is 2. The zero-order valence-corrected chi connectivity index (χ0v) is 20.0. The van der Waals surface area contributed by atoms with Gasteiger partial charge < -0.3 is 5.32 Å². The Morgan fingerprint density at radius 3 is 2.26 bits per heavy atom. The Labute approximate surface area is 208 Å². The van der Waals surface area contributed by atoms with Crippen LogP contribution in [0, 0.1) is 5.82 Å². The van der Waals surface area contributed by atoms with E-state index in [0.717, 1.165) is 4.47 Å². The Kier molecular flexibility index (Phi) is 6.99. The van der Waals surface area contributed by atoms with Gasteiger partial charge in [0.05, 0.1) is 12.1 Å². The van der Waals surface area contributed by atoms with Crippen molar-refractivity contribution in [2.24, 2.45) is 0 Å². The van der Waals surface area contributed by atoms with Crippen molar-refractivity contribution >= 4 is 62.4 Å². The highest BCUT2D eigenvalue weighted by atomic mass is 79.9. The van der Waals surface area contributed by atoms with Gasteiger partial charge >= 0.3 is 0 Å². The molecule has 1 saturated heterocycles. The molecule has 3 aromatic rings. The second kappa shape index (κ2) is 10.1. The zero-order chi connectivity index (χ0) is 24.2. The Bertz CT molecular complexity index is 1240. The van der Waals surface area contributed by atoms with Crippen molar-refractivity contribution in [1.82, 2.24) is 10.4 Å². The van der Waals surface area contributed by atoms with Gasteiger partial charge in [-0.25, -0.2) is 9.40 Å². The first-order valence-corrected chi connectivity index (χ1v) is 11.4. The molecule has 3 amide bonds. The van der Waals surface area contributed by atoms with E-state index in [0.29, 0.717) is 16.9 Å². The Hall–Kier alpha value is -3.63. The standard InChI is InChI=1S/C24H18BrFN4O3S/c25-16-8-6-15(7-9-16)22(32)28-30-20(14-21(31)27-18-12-10-17(26)11-13-18)23(33)29(24(30)34)19-4-2-1-3-5-19/h1-13,20H,14H2,(H,27,31)(H,28,32). The second-order valence-corrected chi connectivity index (χ2v) is 8.67. The summed E-state index contributed by atoms with van der Waals surface area (Å²) in [5.74, 6) is -1.87. The summed E-state index contributed by atoms with van der Waals surface area (Å²) in [6.07, 6.45) is -0.291. The maximum Gasteiger partial charge on any atom is 0.269 e. The van der Waals surface area contributed by atoms with E-state index in [2.05, 4.69) is 26.7 Å². The first-order valence-electron chi connectivity index (χ1n) is 10.2. The van der Waals surface area contributed by atoms with Crippen LogP contribution in [0.25, 0.3) is 0 Å². The number of benzene rings is 3. The monoisotopic (exact) mass is 540 g/mol. The SMILES string of the molecule is O=C(CC1C(=O)N(c2ccccc2)C(=S)N1NC(=O)c1ccc(Br)cc1)Nc1ccc(F)cc1. The number of carbonyl (C=O) groups is 3. The molecule has 7 nitrogen and oxygen atoms in total. The quantitative estimate of drug-likeness (QED) is 0.456. The predicted octanol–water partition coefficient (Wildman–Crippen LogP) is 4.26. The minimum absolute atomic E-state index is 0.0428. The molecule has 1 heterocycles. The summed E-state index contributed by atoms with van der Waals surface area (Å²) in [6.45, 7) is 0. The van der Waals surface area contributed by atoms with Gasteiger partial charge in [-0.05, 0) is 72.9 Å². The zero-order valence-electron chi connectivity index (χ0n) is 17.6. The van der Waals surface area contributed by atoms with Crippen LogP contribution in [0.3, 0.4) is 0 Å². The molecular formula is C24H18BrFN4O3S. The molecule has 0 spiro atoms. The van der Waals surface area contributed by atoms with Crippen LogP contribution >= 0.6 is 28.1 Å². The van der Waals surface area contributed by atoms with E-state index < -0.39 is 29.6 Å². The summed E-state index contributed by atoms with van der Waals surface area (Å²) in [7, 11) is 0. The van der Waals surface area contributed by atoms with Crippen molar-refractivity contribution in [1.29, 1.82) is 0 Å². The third-order valence-corrected chi connectivity index (χ3v) is 5.97. The van der Waals surface area contributed by atoms with Gasteiger partial charge in [0.2, 0.25) is 11.0 Å². The lowest BCUT2D eigenvalue weighted by Crippen LogP contribution is -2.49. The Morgan fingerprint density at radius 1 is 0.971 bits per heavy atom. The summed E-state index contributed by atoms with van der Waals surface area (Å²) in [5.41, 5.74) is 3.92. The van der Waals surface area contributed by atoms with E-state index in [9.17, 15) is 18.8 Å². The number of nitrogens with one attached hydrogen (secondary N) is 2. The highest BCUT2D eigenvalue weighted by Gasteiger charge is 2.45. The average molecular weight is 541 g/mol. The smallest absolute Gasteiger partial charge is 0.269 e. The molecule has 3 aromatic carbocycles. The molecule has 1 fully saturated rings. The minimum atomic E-state index is -1.08. The maximum atomic E-state index is 13.3. The van der Waals surface area contributed by atoms with E-state index in [1.54, 1.807) is 54.6 Å². The van der Waals surface area contributed by atoms with Crippen LogP contribution in [0.2, 0.25) is 0 Å². The third kappa shape index (κ3) is 5.13. The van der Waals surface area contributed by atoms with Crippen molar-refractivity contribution in [3.8, 4) is 0 Å². The fourth-order valence-corrected chi connectivity index (χ4v) is 4.04. The van der Waals surface area contributed by atoms with Crippen molar-refractivity contribution in [2.75, 3.05) is 10.2 Å². The van der Waals surface area contributed by atoms with Gasteiger partial charge in [0.25, 0.3) is 11.8 Å². The van der Waals surface area contributed by atoms with E-state index in [-0.39, 0.29) is 11.5 Å². The molecule has 2 N–H and O–H groups in total. The second-order valence-electron chi connectivity index (χ2n) is 7.38. The fraction of sp³-hybridized carbons (Fsp3) is 0.0833. The highest BCUT2D eigenvalue weighted by Crippen LogP contribution is 2.26. The average Bonchev–Trinajstić information content (AvgIpc) is 3.05. The number of amides is 3. The van der Waals surface area contributed by atoms with E-state index in [1.165, 1.54) is 34.2 Å². The fourth-order valence-electron chi connectivity index (χ4n) is 3.41. The van der Waals surface area contributed by atoms with Gasteiger partial charge in [0.15, 0.2) is 0 Å². The summed E-state index contributed by atoms with van der Waals surface area (Å²) >= 11 is 8.84. The number of hydrogen-bond acceptors (Lipinski definition) is 4. The lowest BCUT2D eigenvalue weighted by molar-refractivity contribution is -0.124. The number of carbonyl (C=O) groups excluding carboxylic acids is 3. The molecule has 1 unspecified atom stereocenters. The molecule has 0 aliphatic carbocycles. The van der Waals surface area contributed by atoms with Crippen molar-refractivity contribution < 1.29 is 18.8 Å². The van der Waals surface area contributed by atoms with Crippen LogP contribution in [0.1, 0.15) is 16.8 Å². The number of halogens is 2. The molecule has 172 valence electrons. The number of rotatable bonds is 6. The number of hydrazine groups is 1. The van der Waals surface area contributed by atoms with E-state index in [1.807, 2.05) is 0 Å². The number of hydrogen-bond donors (Lipinski definition) is 2. The molecule has 0 aromatic heterocycles. The molecular weight excluding hydrogens is 523 g/mol. The molecule has 0 radical (unpaired) electrons. The van der Waals surface area contributed by atoms with E-state index >= 15 is 0 Å². The lowest BCUT2D eigenvalue weighted by atomic mass is 10.1. The van der Waals surface area contributed by atoms with Crippen molar-refractivity contribution in [3.63, 3.8) is 0 Å². The van der Waals surface area contributed by atoms with Gasteiger partial charge in [0.1, 0.15) is 11.9 Å². The minimum Gasteiger partial charge on any atom is -0.326 e. The molecule has 10 heteroatoms. The van der Waals surface area contributed by atoms with Crippen LogP contribution in [0.5, 0.6) is 0 Å². The Balaban J connectivity index is 1.58. The highest BCUT2D eigenvalue weighted by molar-refractivity contribution is 9.10. The van der Waals surface area contributed by atoms with Gasteiger partial charge in [-0.15, -0.1) is 0 Å². The van der Waals surface area contributed by atoms with Gasteiger partial charge in [-0.2, -0.15) is 0 Å². The maximum absolute atomic E-state index is 13.3. The molecule has 4 rings (SSSR count). The normalized spacial score (nSPS) is 15.4. The van der Waals surface area contributed by atoms with Crippen molar-refractivity contribution in [2.45, 2.75) is 12.5 Å². The van der Waals surface area contributed by atoms with Crippen LogP contribution in [-0.2, 0) is 9.59 Å². The van der Waals surface area contributed by atoms with Crippen LogP contribution < -0.4 is 15.6 Å². The predicted molar refractivity (Wildman–Crippen MR) is 133 cm³/mol.